The number of hydrogen-bond acceptors (Lipinski definition) is 6. The van der Waals surface area contributed by atoms with E-state index in [1.54, 1.807) is 43.3 Å². The van der Waals surface area contributed by atoms with E-state index < -0.39 is 26.1 Å². The lowest BCUT2D eigenvalue weighted by Crippen LogP contribution is -2.24. The Morgan fingerprint density at radius 3 is 2.43 bits per heavy atom. The average Bonchev–Trinajstić information content (AvgIpc) is 2.85. The fraction of sp³-hybridized carbons (Fsp3) is 0.222. The number of rotatable bonds is 7. The Morgan fingerprint density at radius 2 is 1.81 bits per heavy atom. The van der Waals surface area contributed by atoms with E-state index in [1.165, 1.54) is 36.1 Å². The number of methoxy groups -OCH3 is 1. The first-order valence-electron chi connectivity index (χ1n) is 11.5. The van der Waals surface area contributed by atoms with Crippen LogP contribution in [0.15, 0.2) is 75.4 Å². The van der Waals surface area contributed by atoms with Crippen LogP contribution in [0.1, 0.15) is 31.0 Å². The minimum absolute atomic E-state index is 0.00250. The molecule has 8 nitrogen and oxygen atoms in total. The highest BCUT2D eigenvalue weighted by atomic mass is 35.5. The fourth-order valence-electron chi connectivity index (χ4n) is 3.90. The molecule has 2 aromatic carbocycles. The van der Waals surface area contributed by atoms with Crippen molar-refractivity contribution in [3.63, 3.8) is 0 Å². The molecule has 0 bridgehead atoms. The number of carbonyl (C=O) groups excluding carboxylic acids is 1. The summed E-state index contributed by atoms with van der Waals surface area (Å²) in [6, 6.07) is 14.4. The fourth-order valence-corrected chi connectivity index (χ4v) is 5.53. The number of sulfone groups is 1. The van der Waals surface area contributed by atoms with Gasteiger partial charge in [0.25, 0.3) is 0 Å². The molecule has 2 heterocycles. The van der Waals surface area contributed by atoms with Crippen LogP contribution in [-0.4, -0.2) is 31.0 Å². The first-order valence-corrected chi connectivity index (χ1v) is 13.4. The van der Waals surface area contributed by atoms with E-state index >= 15 is 0 Å². The van der Waals surface area contributed by atoms with Gasteiger partial charge in [0.15, 0.2) is 0 Å². The monoisotopic (exact) mass is 539 g/mol. The summed E-state index contributed by atoms with van der Waals surface area (Å²) < 4.78 is 33.5. The molecule has 192 valence electrons. The number of nitrogens with one attached hydrogen (secondary N) is 1. The van der Waals surface area contributed by atoms with Crippen molar-refractivity contribution >= 4 is 44.1 Å². The van der Waals surface area contributed by atoms with Crippen molar-refractivity contribution in [2.75, 3.05) is 12.4 Å². The third kappa shape index (κ3) is 5.38. The summed E-state index contributed by atoms with van der Waals surface area (Å²) in [7, 11) is -2.68. The van der Waals surface area contributed by atoms with Crippen LogP contribution in [0.4, 0.5) is 5.69 Å². The van der Waals surface area contributed by atoms with Crippen molar-refractivity contribution in [1.82, 2.24) is 9.55 Å². The summed E-state index contributed by atoms with van der Waals surface area (Å²) >= 11 is 6.15. The number of carbonyl (C=O) groups is 1. The number of hydrogen-bond donors (Lipinski definition) is 1. The number of anilines is 1. The molecule has 0 spiro atoms. The number of pyridine rings is 2. The standard InChI is InChI=1S/C27H26ClN3O5S/c1-16(2)18-6-9-20(10-7-18)37(34,35)24-14-31(27-21(26(24)33)11-5-17(3)29-27)15-25(32)30-19-8-12-23(36-4)22(28)13-19/h5-14,16H,15H2,1-4H3,(H,30,32). The molecule has 0 aliphatic rings. The van der Waals surface area contributed by atoms with E-state index in [9.17, 15) is 18.0 Å². The zero-order valence-electron chi connectivity index (χ0n) is 20.8. The number of aryl methyl sites for hydroxylation is 1. The van der Waals surface area contributed by atoms with Gasteiger partial charge in [-0.25, -0.2) is 13.4 Å². The van der Waals surface area contributed by atoms with Gasteiger partial charge in [-0.1, -0.05) is 37.6 Å². The van der Waals surface area contributed by atoms with Crippen molar-refractivity contribution in [1.29, 1.82) is 0 Å². The largest absolute Gasteiger partial charge is 0.495 e. The number of amides is 1. The molecule has 0 radical (unpaired) electrons. The van der Waals surface area contributed by atoms with Gasteiger partial charge in [-0.2, -0.15) is 0 Å². The zero-order chi connectivity index (χ0) is 26.9. The number of ether oxygens (including phenoxy) is 1. The molecule has 0 saturated heterocycles. The van der Waals surface area contributed by atoms with Crippen molar-refractivity contribution in [3.05, 3.63) is 87.3 Å². The van der Waals surface area contributed by atoms with Gasteiger partial charge in [-0.3, -0.25) is 9.59 Å². The highest BCUT2D eigenvalue weighted by Gasteiger charge is 2.25. The lowest BCUT2D eigenvalue weighted by atomic mass is 10.0. The van der Waals surface area contributed by atoms with Crippen LogP contribution in [-0.2, 0) is 21.2 Å². The molecule has 10 heteroatoms. The van der Waals surface area contributed by atoms with E-state index in [1.807, 2.05) is 13.8 Å². The van der Waals surface area contributed by atoms with Crippen molar-refractivity contribution < 1.29 is 17.9 Å². The molecule has 0 unspecified atom stereocenters. The van der Waals surface area contributed by atoms with E-state index in [0.717, 1.165) is 5.56 Å². The second kappa shape index (κ2) is 10.4. The van der Waals surface area contributed by atoms with Crippen LogP contribution >= 0.6 is 11.6 Å². The molecular weight excluding hydrogens is 514 g/mol. The van der Waals surface area contributed by atoms with E-state index in [-0.39, 0.29) is 28.4 Å². The third-order valence-corrected chi connectivity index (χ3v) is 7.98. The topological polar surface area (TPSA) is 107 Å². The molecule has 0 aliphatic heterocycles. The lowest BCUT2D eigenvalue weighted by Gasteiger charge is -2.14. The minimum Gasteiger partial charge on any atom is -0.495 e. The van der Waals surface area contributed by atoms with Gasteiger partial charge in [-0.05, 0) is 60.9 Å². The molecule has 0 saturated carbocycles. The molecular formula is C27H26ClN3O5S. The summed E-state index contributed by atoms with van der Waals surface area (Å²) in [4.78, 5) is 30.2. The summed E-state index contributed by atoms with van der Waals surface area (Å²) in [6.45, 7) is 5.47. The highest BCUT2D eigenvalue weighted by molar-refractivity contribution is 7.91. The van der Waals surface area contributed by atoms with Gasteiger partial charge in [0, 0.05) is 17.6 Å². The van der Waals surface area contributed by atoms with E-state index in [0.29, 0.717) is 22.2 Å². The highest BCUT2D eigenvalue weighted by Crippen LogP contribution is 2.27. The van der Waals surface area contributed by atoms with E-state index in [4.69, 9.17) is 16.3 Å². The van der Waals surface area contributed by atoms with Crippen molar-refractivity contribution in [3.8, 4) is 5.75 Å². The molecule has 4 rings (SSSR count). The van der Waals surface area contributed by atoms with Gasteiger partial charge in [0.1, 0.15) is 22.8 Å². The molecule has 0 atom stereocenters. The predicted octanol–water partition coefficient (Wildman–Crippen LogP) is 4.96. The van der Waals surface area contributed by atoms with E-state index in [2.05, 4.69) is 10.3 Å². The predicted molar refractivity (Wildman–Crippen MR) is 143 cm³/mol. The van der Waals surface area contributed by atoms with Crippen molar-refractivity contribution in [2.24, 2.45) is 0 Å². The molecule has 1 amide bonds. The number of nitrogens with zero attached hydrogens (tertiary/aromatic N) is 2. The normalized spacial score (nSPS) is 11.6. The first kappa shape index (κ1) is 26.4. The van der Waals surface area contributed by atoms with Crippen molar-refractivity contribution in [2.45, 2.75) is 43.0 Å². The Morgan fingerprint density at radius 1 is 1.11 bits per heavy atom. The summed E-state index contributed by atoms with van der Waals surface area (Å²) in [5.41, 5.74) is 1.56. The molecule has 0 aliphatic carbocycles. The second-order valence-corrected chi connectivity index (χ2v) is 11.2. The number of benzene rings is 2. The number of halogens is 1. The Balaban J connectivity index is 1.77. The van der Waals surface area contributed by atoms with Gasteiger partial charge in [-0.15, -0.1) is 0 Å². The van der Waals surface area contributed by atoms with Gasteiger partial charge in [0.2, 0.25) is 21.2 Å². The van der Waals surface area contributed by atoms with Crippen LogP contribution < -0.4 is 15.5 Å². The summed E-state index contributed by atoms with van der Waals surface area (Å²) in [5.74, 6) is 0.226. The Hall–Kier alpha value is -3.69. The van der Waals surface area contributed by atoms with Gasteiger partial charge < -0.3 is 14.6 Å². The average molecular weight is 540 g/mol. The zero-order valence-corrected chi connectivity index (χ0v) is 22.4. The Labute approximate surface area is 219 Å². The molecule has 2 aromatic heterocycles. The maximum atomic E-state index is 13.5. The second-order valence-electron chi connectivity index (χ2n) is 8.90. The third-order valence-electron chi connectivity index (χ3n) is 5.92. The SMILES string of the molecule is COc1ccc(NC(=O)Cn2cc(S(=O)(=O)c3ccc(C(C)C)cc3)c(=O)c3ccc(C)nc32)cc1Cl. The number of fused-ring (bicyclic) bond motifs is 1. The maximum absolute atomic E-state index is 13.5. The maximum Gasteiger partial charge on any atom is 0.244 e. The van der Waals surface area contributed by atoms with Gasteiger partial charge in [0.05, 0.1) is 22.4 Å². The summed E-state index contributed by atoms with van der Waals surface area (Å²) in [5, 5.41) is 3.15. The molecule has 4 aromatic rings. The quantitative estimate of drug-likeness (QED) is 0.355. The van der Waals surface area contributed by atoms with Crippen LogP contribution in [0.25, 0.3) is 11.0 Å². The lowest BCUT2D eigenvalue weighted by molar-refractivity contribution is -0.116. The van der Waals surface area contributed by atoms with Crippen LogP contribution in [0, 0.1) is 6.92 Å². The first-order chi connectivity index (χ1) is 17.5. The molecule has 37 heavy (non-hydrogen) atoms. The summed E-state index contributed by atoms with van der Waals surface area (Å²) in [6.07, 6.45) is 1.18. The minimum atomic E-state index is -4.17. The Kier molecular flexibility index (Phi) is 7.38. The number of aromatic nitrogens is 2. The van der Waals surface area contributed by atoms with Gasteiger partial charge >= 0.3 is 0 Å². The smallest absolute Gasteiger partial charge is 0.244 e. The molecule has 0 fully saturated rings. The molecule has 1 N–H and O–H groups in total. The van der Waals surface area contributed by atoms with Crippen LogP contribution in [0.2, 0.25) is 5.02 Å². The van der Waals surface area contributed by atoms with Crippen LogP contribution in [0.5, 0.6) is 5.75 Å². The Bertz CT molecular complexity index is 1660. The van der Waals surface area contributed by atoms with Crippen LogP contribution in [0.3, 0.4) is 0 Å².